The van der Waals surface area contributed by atoms with Crippen LogP contribution >= 0.6 is 12.4 Å². The Bertz CT molecular complexity index is 361. The molecule has 0 spiro atoms. The number of halogens is 1. The number of rotatable bonds is 4. The Balaban J connectivity index is 0.00000162. The maximum Gasteiger partial charge on any atom is 0.240 e. The molecule has 0 atom stereocenters. The number of hydrogen-bond donors (Lipinski definition) is 1. The summed E-state index contributed by atoms with van der Waals surface area (Å²) in [5.41, 5.74) is 5.96. The Morgan fingerprint density at radius 2 is 2.06 bits per heavy atom. The van der Waals surface area contributed by atoms with Gasteiger partial charge in [0.15, 0.2) is 5.82 Å². The van der Waals surface area contributed by atoms with E-state index in [9.17, 15) is 0 Å². The van der Waals surface area contributed by atoms with E-state index in [1.165, 1.54) is 19.3 Å². The first kappa shape index (κ1) is 15.4. The minimum absolute atomic E-state index is 0. The molecule has 0 unspecified atom stereocenters. The van der Waals surface area contributed by atoms with Crippen LogP contribution in [0.15, 0.2) is 4.52 Å². The molecule has 5 nitrogen and oxygen atoms in total. The summed E-state index contributed by atoms with van der Waals surface area (Å²) in [4.78, 5) is 6.63. The highest BCUT2D eigenvalue weighted by Gasteiger charge is 2.28. The highest BCUT2D eigenvalue weighted by Crippen LogP contribution is 2.34. The monoisotopic (exact) mass is 274 g/mol. The Kier molecular flexibility index (Phi) is 5.56. The van der Waals surface area contributed by atoms with Crippen molar-refractivity contribution in [2.75, 3.05) is 13.1 Å². The topological polar surface area (TPSA) is 68.2 Å². The molecule has 1 aliphatic heterocycles. The highest BCUT2D eigenvalue weighted by atomic mass is 35.5. The van der Waals surface area contributed by atoms with Gasteiger partial charge in [0.1, 0.15) is 0 Å². The van der Waals surface area contributed by atoms with Gasteiger partial charge in [-0.05, 0) is 31.3 Å². The van der Waals surface area contributed by atoms with E-state index in [-0.39, 0.29) is 12.4 Å². The number of hydrogen-bond acceptors (Lipinski definition) is 5. The molecular weight excluding hydrogens is 252 g/mol. The zero-order chi connectivity index (χ0) is 12.3. The third-order valence-electron chi connectivity index (χ3n) is 3.97. The Hall–Kier alpha value is -0.650. The summed E-state index contributed by atoms with van der Waals surface area (Å²) in [6.45, 7) is 8.01. The quantitative estimate of drug-likeness (QED) is 0.909. The van der Waals surface area contributed by atoms with E-state index in [0.29, 0.717) is 17.9 Å². The molecule has 1 aromatic rings. The van der Waals surface area contributed by atoms with E-state index in [2.05, 4.69) is 28.9 Å². The van der Waals surface area contributed by atoms with Crippen LogP contribution in [0.2, 0.25) is 0 Å². The van der Waals surface area contributed by atoms with Gasteiger partial charge in [0.05, 0.1) is 13.1 Å². The predicted molar refractivity (Wildman–Crippen MR) is 72.3 cm³/mol. The molecule has 6 heteroatoms. The van der Waals surface area contributed by atoms with Gasteiger partial charge in [-0.2, -0.15) is 4.98 Å². The second kappa shape index (κ2) is 6.50. The predicted octanol–water partition coefficient (Wildman–Crippen LogP) is 1.96. The second-order valence-electron chi connectivity index (χ2n) is 5.25. The van der Waals surface area contributed by atoms with Gasteiger partial charge in [-0.25, -0.2) is 0 Å². The van der Waals surface area contributed by atoms with Crippen molar-refractivity contribution in [3.63, 3.8) is 0 Å². The van der Waals surface area contributed by atoms with Gasteiger partial charge in [0.2, 0.25) is 5.89 Å². The maximum atomic E-state index is 5.44. The van der Waals surface area contributed by atoms with Gasteiger partial charge < -0.3 is 10.3 Å². The van der Waals surface area contributed by atoms with Crippen LogP contribution in [0, 0.1) is 5.41 Å². The summed E-state index contributed by atoms with van der Waals surface area (Å²) in [5, 5.41) is 3.93. The van der Waals surface area contributed by atoms with Crippen LogP contribution < -0.4 is 5.73 Å². The van der Waals surface area contributed by atoms with Gasteiger partial charge in [-0.15, -0.1) is 12.4 Å². The van der Waals surface area contributed by atoms with Crippen molar-refractivity contribution in [3.05, 3.63) is 11.7 Å². The van der Waals surface area contributed by atoms with Crippen LogP contribution in [0.3, 0.4) is 0 Å². The third-order valence-corrected chi connectivity index (χ3v) is 3.97. The number of nitrogens with two attached hydrogens (primary N) is 1. The molecule has 0 bridgehead atoms. The van der Waals surface area contributed by atoms with Gasteiger partial charge in [-0.3, -0.25) is 4.90 Å². The van der Waals surface area contributed by atoms with Gasteiger partial charge in [0.25, 0.3) is 0 Å². The van der Waals surface area contributed by atoms with Gasteiger partial charge in [-0.1, -0.05) is 25.4 Å². The molecule has 2 rings (SSSR count). The average molecular weight is 275 g/mol. The van der Waals surface area contributed by atoms with E-state index < -0.39 is 0 Å². The third kappa shape index (κ3) is 3.67. The molecule has 0 amide bonds. The molecule has 1 fully saturated rings. The Labute approximate surface area is 115 Å². The van der Waals surface area contributed by atoms with Crippen molar-refractivity contribution in [2.45, 2.75) is 46.2 Å². The van der Waals surface area contributed by atoms with E-state index in [4.69, 9.17) is 10.3 Å². The first-order chi connectivity index (χ1) is 8.15. The number of likely N-dealkylation sites (tertiary alicyclic amines) is 1. The number of nitrogens with zero attached hydrogens (tertiary/aromatic N) is 3. The Morgan fingerprint density at radius 1 is 1.39 bits per heavy atom. The first-order valence-electron chi connectivity index (χ1n) is 6.39. The summed E-state index contributed by atoms with van der Waals surface area (Å²) < 4.78 is 5.00. The fourth-order valence-electron chi connectivity index (χ4n) is 2.24. The van der Waals surface area contributed by atoms with Crippen molar-refractivity contribution in [2.24, 2.45) is 11.1 Å². The van der Waals surface area contributed by atoms with Crippen LogP contribution in [0.4, 0.5) is 0 Å². The molecule has 0 radical (unpaired) electrons. The van der Waals surface area contributed by atoms with Gasteiger partial charge >= 0.3 is 0 Å². The molecule has 2 N–H and O–H groups in total. The largest absolute Gasteiger partial charge is 0.338 e. The number of aromatic nitrogens is 2. The average Bonchev–Trinajstić information content (AvgIpc) is 2.80. The number of piperidine rings is 1. The lowest BCUT2D eigenvalue weighted by molar-refractivity contribution is 0.107. The van der Waals surface area contributed by atoms with Crippen molar-refractivity contribution in [1.29, 1.82) is 0 Å². The minimum atomic E-state index is 0. The van der Waals surface area contributed by atoms with E-state index in [0.717, 1.165) is 25.5 Å². The van der Waals surface area contributed by atoms with E-state index in [1.807, 2.05) is 0 Å². The maximum absolute atomic E-state index is 5.44. The standard InChI is InChI=1S/C12H22N4O.ClH/c1-3-12(2)4-6-16(7-5-12)9-10-14-11(8-13)17-15-10;/h3-9,13H2,1-2H3;1H. The molecule has 1 aromatic heterocycles. The lowest BCUT2D eigenvalue weighted by Gasteiger charge is -2.38. The molecule has 0 aliphatic carbocycles. The lowest BCUT2D eigenvalue weighted by Crippen LogP contribution is -2.38. The molecule has 0 saturated carbocycles. The SMILES string of the molecule is CCC1(C)CCN(Cc2noc(CN)n2)CC1.Cl. The van der Waals surface area contributed by atoms with Crippen LogP contribution in [-0.2, 0) is 13.1 Å². The van der Waals surface area contributed by atoms with Crippen LogP contribution in [-0.4, -0.2) is 28.1 Å². The van der Waals surface area contributed by atoms with E-state index >= 15 is 0 Å². The minimum Gasteiger partial charge on any atom is -0.338 e. The summed E-state index contributed by atoms with van der Waals surface area (Å²) in [7, 11) is 0. The lowest BCUT2D eigenvalue weighted by atomic mass is 9.78. The van der Waals surface area contributed by atoms with E-state index in [1.54, 1.807) is 0 Å². The molecule has 18 heavy (non-hydrogen) atoms. The second-order valence-corrected chi connectivity index (χ2v) is 5.25. The molecule has 0 aromatic carbocycles. The van der Waals surface area contributed by atoms with Crippen molar-refractivity contribution in [3.8, 4) is 0 Å². The fraction of sp³-hybridized carbons (Fsp3) is 0.833. The highest BCUT2D eigenvalue weighted by molar-refractivity contribution is 5.85. The summed E-state index contributed by atoms with van der Waals surface area (Å²) in [5.74, 6) is 1.28. The van der Waals surface area contributed by atoms with Crippen LogP contribution in [0.1, 0.15) is 44.8 Å². The zero-order valence-electron chi connectivity index (χ0n) is 11.2. The first-order valence-corrected chi connectivity index (χ1v) is 6.39. The summed E-state index contributed by atoms with van der Waals surface area (Å²) in [6.07, 6.45) is 3.77. The van der Waals surface area contributed by atoms with Crippen molar-refractivity contribution < 1.29 is 4.52 Å². The molecule has 104 valence electrons. The summed E-state index contributed by atoms with van der Waals surface area (Å²) in [6, 6.07) is 0. The zero-order valence-corrected chi connectivity index (χ0v) is 12.0. The normalized spacial score (nSPS) is 19.5. The molecular formula is C12H23ClN4O. The molecule has 1 saturated heterocycles. The Morgan fingerprint density at radius 3 is 2.56 bits per heavy atom. The van der Waals surface area contributed by atoms with Crippen molar-refractivity contribution >= 4 is 12.4 Å². The van der Waals surface area contributed by atoms with Crippen LogP contribution in [0.25, 0.3) is 0 Å². The molecule has 1 aliphatic rings. The molecule has 2 heterocycles. The summed E-state index contributed by atoms with van der Waals surface area (Å²) >= 11 is 0. The van der Waals surface area contributed by atoms with Crippen LogP contribution in [0.5, 0.6) is 0 Å². The smallest absolute Gasteiger partial charge is 0.240 e. The van der Waals surface area contributed by atoms with Crippen molar-refractivity contribution in [1.82, 2.24) is 15.0 Å². The fourth-order valence-corrected chi connectivity index (χ4v) is 2.24. The van der Waals surface area contributed by atoms with Gasteiger partial charge in [0, 0.05) is 0 Å².